The number of piperazine rings is 1. The van der Waals surface area contributed by atoms with E-state index in [9.17, 15) is 19.2 Å². The molecule has 0 saturated carbocycles. The molecule has 0 spiro atoms. The smallest absolute Gasteiger partial charge is 0.321 e. The number of hydrogen-bond donors (Lipinski definition) is 6. The van der Waals surface area contributed by atoms with Crippen molar-refractivity contribution in [2.24, 2.45) is 5.73 Å². The number of unbranched alkanes of at least 4 members (excludes halogenated alkanes) is 2. The monoisotopic (exact) mass is 771 g/mol. The van der Waals surface area contributed by atoms with E-state index in [2.05, 4.69) is 55.2 Å². The molecule has 0 radical (unpaired) electrons. The molecule has 296 valence electrons. The van der Waals surface area contributed by atoms with E-state index in [1.807, 2.05) is 17.2 Å². The van der Waals surface area contributed by atoms with Gasteiger partial charge in [0.25, 0.3) is 0 Å². The molecule has 2 amide bonds. The number of hydrogen-bond acceptors (Lipinski definition) is 13. The van der Waals surface area contributed by atoms with E-state index < -0.39 is 35.6 Å². The number of carboxylic acid groups (broad SMARTS) is 2. The first-order chi connectivity index (χ1) is 26.0. The van der Waals surface area contributed by atoms with Gasteiger partial charge in [-0.3, -0.25) is 24.1 Å². The summed E-state index contributed by atoms with van der Waals surface area (Å²) in [5.41, 5.74) is 15.3. The molecule has 2 atom stereocenters. The average Bonchev–Trinajstić information content (AvgIpc) is 3.55. The number of nitrogens with zero attached hydrogens (tertiary/aromatic N) is 5. The lowest BCUT2D eigenvalue weighted by Crippen LogP contribution is -2.48. The number of ether oxygens (including phenoxy) is 2. The fraction of sp³-hybridized carbons (Fsp3) is 0.556. The Kier molecular flexibility index (Phi) is 16.6. The molecule has 0 aliphatic carbocycles. The number of carbonyl (C=O) groups is 4. The molecule has 1 aromatic carbocycles. The van der Waals surface area contributed by atoms with Gasteiger partial charge in [-0.05, 0) is 24.1 Å². The largest absolute Gasteiger partial charge is 0.496 e. The third-order valence-electron chi connectivity index (χ3n) is 8.98. The molecule has 1 saturated heterocycles. The molecule has 54 heavy (non-hydrogen) atoms. The van der Waals surface area contributed by atoms with Crippen molar-refractivity contribution in [3.05, 3.63) is 41.6 Å². The molecular formula is C36H53N9O8S. The average molecular weight is 772 g/mol. The van der Waals surface area contributed by atoms with Gasteiger partial charge in [0, 0.05) is 63.3 Å². The number of thioether (sulfide) groups is 1. The molecule has 2 aromatic heterocycles. The third-order valence-corrected chi connectivity index (χ3v) is 10.3. The molecule has 17 nitrogen and oxygen atoms in total. The predicted molar refractivity (Wildman–Crippen MR) is 206 cm³/mol. The summed E-state index contributed by atoms with van der Waals surface area (Å²) in [5, 5.41) is 23.1. The minimum absolute atomic E-state index is 0.0117. The molecule has 18 heteroatoms. The van der Waals surface area contributed by atoms with E-state index in [1.165, 1.54) is 0 Å². The van der Waals surface area contributed by atoms with E-state index in [0.717, 1.165) is 90.9 Å². The van der Waals surface area contributed by atoms with Crippen LogP contribution in [0.15, 0.2) is 30.5 Å². The van der Waals surface area contributed by atoms with Gasteiger partial charge in [0.2, 0.25) is 17.8 Å². The highest BCUT2D eigenvalue weighted by atomic mass is 32.2. The fourth-order valence-electron chi connectivity index (χ4n) is 6.03. The maximum absolute atomic E-state index is 12.8. The number of aliphatic carboxylic acids is 2. The lowest BCUT2D eigenvalue weighted by Gasteiger charge is -2.35. The minimum Gasteiger partial charge on any atom is -0.496 e. The number of aromatic nitrogens is 3. The van der Waals surface area contributed by atoms with Crippen LogP contribution in [-0.2, 0) is 37.0 Å². The number of carboxylic acids is 2. The molecule has 0 unspecified atom stereocenters. The van der Waals surface area contributed by atoms with Crippen molar-refractivity contribution in [1.29, 1.82) is 0 Å². The Balaban J connectivity index is 1.19. The standard InChI is InChI=1S/C36H53N9O8S/c1-3-4-5-10-39-33-32-27(41-36(38)42-33)8-12-45(32)22-25-7-6-24(19-28(25)52-2)21-43-13-15-44(16-14-43)30(46)9-17-53-18-11-40-34(49)29(20-31(47)48)54-23-26(37)35(50)51/h6-8,12,19,26,29H,3-5,9-11,13-18,20-23,37H2,1-2H3,(H,40,49)(H,47,48)(H,50,51)(H3,38,39,41,42)/t26-,29+/m0/s1. The Hall–Kier alpha value is -4.65. The summed E-state index contributed by atoms with van der Waals surface area (Å²) in [4.78, 5) is 60.4. The summed E-state index contributed by atoms with van der Waals surface area (Å²) in [6.07, 6.45) is 5.03. The number of nitrogen functional groups attached to an aromatic ring is 1. The van der Waals surface area contributed by atoms with Gasteiger partial charge in [0.1, 0.15) is 17.3 Å². The number of nitrogens with one attached hydrogen (secondary N) is 2. The topological polar surface area (TPSA) is 240 Å². The zero-order valence-electron chi connectivity index (χ0n) is 31.0. The molecular weight excluding hydrogens is 719 g/mol. The van der Waals surface area contributed by atoms with Crippen LogP contribution < -0.4 is 26.8 Å². The Labute approximate surface area is 319 Å². The minimum atomic E-state index is -1.23. The van der Waals surface area contributed by atoms with Crippen molar-refractivity contribution in [3.63, 3.8) is 0 Å². The van der Waals surface area contributed by atoms with E-state index >= 15 is 0 Å². The van der Waals surface area contributed by atoms with Crippen LogP contribution in [0.25, 0.3) is 11.0 Å². The van der Waals surface area contributed by atoms with Crippen molar-refractivity contribution in [2.45, 2.75) is 63.4 Å². The highest BCUT2D eigenvalue weighted by Gasteiger charge is 2.25. The first kappa shape index (κ1) is 42.1. The summed E-state index contributed by atoms with van der Waals surface area (Å²) in [6, 6.07) is 7.00. The third kappa shape index (κ3) is 12.7. The van der Waals surface area contributed by atoms with Crippen LogP contribution in [0.5, 0.6) is 5.75 Å². The van der Waals surface area contributed by atoms with Gasteiger partial charge in [0.15, 0.2) is 5.82 Å². The van der Waals surface area contributed by atoms with E-state index in [4.69, 9.17) is 31.2 Å². The normalized spacial score (nSPS) is 14.5. The van der Waals surface area contributed by atoms with E-state index in [0.29, 0.717) is 19.6 Å². The van der Waals surface area contributed by atoms with Crippen LogP contribution in [0, 0.1) is 0 Å². The van der Waals surface area contributed by atoms with Crippen molar-refractivity contribution in [2.75, 3.05) is 76.4 Å². The first-order valence-corrected chi connectivity index (χ1v) is 19.2. The molecule has 1 aliphatic heterocycles. The number of fused-ring (bicyclic) bond motifs is 1. The summed E-state index contributed by atoms with van der Waals surface area (Å²) in [7, 11) is 1.67. The molecule has 1 aliphatic rings. The van der Waals surface area contributed by atoms with Gasteiger partial charge in [-0.2, -0.15) is 4.98 Å². The SMILES string of the molecule is CCCCCNc1nc(N)nc2ccn(Cc3ccc(CN4CCN(C(=O)CCOCCNC(=O)[C@@H](CC(=O)O)SC[C@H](N)C(=O)O)CC4)cc3OC)c12. The predicted octanol–water partition coefficient (Wildman–Crippen LogP) is 1.83. The zero-order valence-corrected chi connectivity index (χ0v) is 31.8. The number of rotatable bonds is 23. The van der Waals surface area contributed by atoms with Gasteiger partial charge in [0.05, 0.1) is 50.5 Å². The highest BCUT2D eigenvalue weighted by molar-refractivity contribution is 8.00. The highest BCUT2D eigenvalue weighted by Crippen LogP contribution is 2.28. The van der Waals surface area contributed by atoms with Crippen molar-refractivity contribution in [3.8, 4) is 5.75 Å². The van der Waals surface area contributed by atoms with Crippen molar-refractivity contribution >= 4 is 58.3 Å². The van der Waals surface area contributed by atoms with Gasteiger partial charge < -0.3 is 51.3 Å². The summed E-state index contributed by atoms with van der Waals surface area (Å²) >= 11 is 0.881. The lowest BCUT2D eigenvalue weighted by atomic mass is 10.1. The second-order valence-electron chi connectivity index (χ2n) is 13.1. The number of methoxy groups -OCH3 is 1. The van der Waals surface area contributed by atoms with Crippen molar-refractivity contribution < 1.29 is 38.9 Å². The van der Waals surface area contributed by atoms with Gasteiger partial charge in [-0.25, -0.2) is 4.98 Å². The summed E-state index contributed by atoms with van der Waals surface area (Å²) < 4.78 is 13.5. The second-order valence-corrected chi connectivity index (χ2v) is 14.3. The van der Waals surface area contributed by atoms with Crippen molar-refractivity contribution in [1.82, 2.24) is 29.7 Å². The maximum atomic E-state index is 12.8. The van der Waals surface area contributed by atoms with Crippen LogP contribution in [0.2, 0.25) is 0 Å². The van der Waals surface area contributed by atoms with Crippen LogP contribution >= 0.6 is 11.8 Å². The maximum Gasteiger partial charge on any atom is 0.321 e. The number of anilines is 2. The van der Waals surface area contributed by atoms with E-state index in [1.54, 1.807) is 7.11 Å². The molecule has 3 aromatic rings. The van der Waals surface area contributed by atoms with Gasteiger partial charge >= 0.3 is 11.9 Å². The van der Waals surface area contributed by atoms with Crippen LogP contribution in [-0.4, -0.2) is 135 Å². The Morgan fingerprint density at radius 2 is 1.80 bits per heavy atom. The first-order valence-electron chi connectivity index (χ1n) is 18.2. The summed E-state index contributed by atoms with van der Waals surface area (Å²) in [5.74, 6) is -1.32. The zero-order chi connectivity index (χ0) is 39.0. The lowest BCUT2D eigenvalue weighted by molar-refractivity contribution is -0.138. The molecule has 4 rings (SSSR count). The van der Waals surface area contributed by atoms with Gasteiger partial charge in [-0.15, -0.1) is 11.8 Å². The van der Waals surface area contributed by atoms with Crippen LogP contribution in [0.1, 0.15) is 50.2 Å². The Morgan fingerprint density at radius 3 is 2.50 bits per heavy atom. The molecule has 0 bridgehead atoms. The second kappa shape index (κ2) is 21.3. The number of nitrogens with two attached hydrogens (primary N) is 2. The number of benzene rings is 1. The fourth-order valence-corrected chi connectivity index (χ4v) is 7.11. The number of carbonyl (C=O) groups excluding carboxylic acids is 2. The van der Waals surface area contributed by atoms with E-state index in [-0.39, 0.29) is 43.8 Å². The van der Waals surface area contributed by atoms with Crippen LogP contribution in [0.4, 0.5) is 11.8 Å². The molecule has 8 N–H and O–H groups in total. The molecule has 3 heterocycles. The summed E-state index contributed by atoms with van der Waals surface area (Å²) in [6.45, 7) is 7.34. The van der Waals surface area contributed by atoms with Gasteiger partial charge in [-0.1, -0.05) is 31.9 Å². The Morgan fingerprint density at radius 1 is 1.02 bits per heavy atom. The van der Waals surface area contributed by atoms with Crippen LogP contribution in [0.3, 0.4) is 0 Å². The quantitative estimate of drug-likeness (QED) is 0.0754. The number of amides is 2. The molecule has 1 fully saturated rings. The Bertz CT molecular complexity index is 1720.